The maximum atomic E-state index is 13.4. The van der Waals surface area contributed by atoms with Gasteiger partial charge in [-0.25, -0.2) is 23.9 Å². The quantitative estimate of drug-likeness (QED) is 0.0274. The molecule has 3 heterocycles. The number of imidazole rings is 1. The van der Waals surface area contributed by atoms with Crippen molar-refractivity contribution in [3.8, 4) is 0 Å². The number of rotatable bonds is 21. The number of aromatic nitrogens is 5. The lowest BCUT2D eigenvalue weighted by molar-refractivity contribution is -0.676. The Morgan fingerprint density at radius 2 is 1.32 bits per heavy atom. The number of aliphatic hydroxyl groups excluding tert-OH is 10. The molecule has 31 heteroatoms. The summed E-state index contributed by atoms with van der Waals surface area (Å²) >= 11 is 0. The van der Waals surface area contributed by atoms with Gasteiger partial charge in [0.1, 0.15) is 54.7 Å². The molecule has 0 aliphatic carbocycles. The van der Waals surface area contributed by atoms with Gasteiger partial charge < -0.3 is 87.4 Å². The number of nitrogens with two attached hydrogens (primary N) is 1. The number of benzene rings is 1. The summed E-state index contributed by atoms with van der Waals surface area (Å²) in [6, 6.07) is 6.76. The molecule has 0 aliphatic rings. The van der Waals surface area contributed by atoms with Gasteiger partial charge >= 0.3 is 18.3 Å². The fraction of sp³-hybridized carbons (Fsp3) is 0.553. The van der Waals surface area contributed by atoms with Gasteiger partial charge in [0.05, 0.1) is 38.5 Å². The minimum atomic E-state index is -5.19. The highest BCUT2D eigenvalue weighted by atomic mass is 19.4. The van der Waals surface area contributed by atoms with Crippen molar-refractivity contribution in [2.24, 2.45) is 0 Å². The molecule has 8 unspecified atom stereocenters. The largest absolute Gasteiger partial charge is 0.542 e. The predicted molar refractivity (Wildman–Crippen MR) is 219 cm³/mol. The van der Waals surface area contributed by atoms with Crippen LogP contribution in [0.1, 0.15) is 40.5 Å². The number of halogens is 6. The SMILES string of the molecule is CCn1c(CNC(=O)c2nc3cc[nH]c3nc2N)[n+](CC)c2ccc(C(=O)NCCN(CC(O)C(O)C(O)C(O)CO)CC(O)C(O)C(O)C(O)CO)cc21.O=C(O)C(F)(F)F.O=C([O-])C(F)(F)F. The van der Waals surface area contributed by atoms with Crippen molar-refractivity contribution >= 4 is 51.8 Å². The van der Waals surface area contributed by atoms with Crippen molar-refractivity contribution in [1.29, 1.82) is 0 Å². The van der Waals surface area contributed by atoms with Crippen LogP contribution in [-0.4, -0.2) is 205 Å². The summed E-state index contributed by atoms with van der Waals surface area (Å²) in [5, 5.41) is 121. The summed E-state index contributed by atoms with van der Waals surface area (Å²) in [5.74, 6) is -6.06. The standard InChI is InChI=1S/C34H51N9O12.2C2HF3O2/c1-3-42-19-6-5-17(11-20(19)43(4-2)25(42)12-38-34(55)26-31(35)40-32-18(39-26)7-8-36-32)33(54)37-9-10-41(13-21(46)27(50)29(52)23(48)15-44)14-22(47)28(51)30(53)24(49)16-45;2*3-2(4,5)1(6)7/h5-8,11,21-24,27-30,44-53H,3-4,9-10,12-16H2,1-2H3,(H4-,35,36,37,38,39,40,54,55);2*(H,6,7). The molecule has 69 heavy (non-hydrogen) atoms. The van der Waals surface area contributed by atoms with Gasteiger partial charge in [-0.1, -0.05) is 0 Å². The molecule has 25 nitrogen and oxygen atoms in total. The molecule has 0 bridgehead atoms. The van der Waals surface area contributed by atoms with E-state index in [0.717, 1.165) is 11.3 Å². The molecule has 0 spiro atoms. The van der Waals surface area contributed by atoms with E-state index in [2.05, 4.69) is 25.6 Å². The Labute approximate surface area is 385 Å². The molecule has 0 fully saturated rings. The second-order valence-corrected chi connectivity index (χ2v) is 14.7. The number of nitrogen functional groups attached to an aromatic ring is 1. The summed E-state index contributed by atoms with van der Waals surface area (Å²) in [7, 11) is 0. The molecule has 4 aromatic rings. The number of hydrogen-bond donors (Lipinski definition) is 15. The zero-order valence-corrected chi connectivity index (χ0v) is 36.4. The fourth-order valence-electron chi connectivity index (χ4n) is 6.28. The number of aromatic amines is 1. The van der Waals surface area contributed by atoms with E-state index in [1.54, 1.807) is 30.5 Å². The number of carboxylic acid groups (broad SMARTS) is 2. The van der Waals surface area contributed by atoms with Crippen LogP contribution in [0.25, 0.3) is 22.2 Å². The number of fused-ring (bicyclic) bond motifs is 2. The molecule has 0 aliphatic heterocycles. The van der Waals surface area contributed by atoms with Crippen LogP contribution in [0.4, 0.5) is 32.2 Å². The molecule has 0 saturated carbocycles. The van der Waals surface area contributed by atoms with E-state index in [9.17, 15) is 76.8 Å². The first kappa shape index (κ1) is 59.3. The van der Waals surface area contributed by atoms with Gasteiger partial charge in [-0.05, 0) is 32.0 Å². The Morgan fingerprint density at radius 1 is 0.812 bits per heavy atom. The summed E-state index contributed by atoms with van der Waals surface area (Å²) in [6.45, 7) is 1.99. The number of carboxylic acids is 2. The first-order valence-corrected chi connectivity index (χ1v) is 20.2. The van der Waals surface area contributed by atoms with E-state index >= 15 is 0 Å². The Hall–Kier alpha value is -5.87. The van der Waals surface area contributed by atoms with E-state index < -0.39 is 111 Å². The number of anilines is 1. The number of aliphatic carboxylic acids is 2. The Morgan fingerprint density at radius 3 is 1.77 bits per heavy atom. The number of aryl methyl sites for hydroxylation is 2. The van der Waals surface area contributed by atoms with E-state index in [-0.39, 0.29) is 36.7 Å². The van der Waals surface area contributed by atoms with Crippen LogP contribution in [-0.2, 0) is 29.2 Å². The molecule has 0 saturated heterocycles. The molecular weight excluding hydrogens is 952 g/mol. The number of aliphatic hydroxyl groups is 10. The van der Waals surface area contributed by atoms with Crippen LogP contribution in [0.5, 0.6) is 0 Å². The van der Waals surface area contributed by atoms with Gasteiger partial charge in [-0.15, -0.1) is 0 Å². The zero-order valence-electron chi connectivity index (χ0n) is 36.4. The molecule has 388 valence electrons. The highest BCUT2D eigenvalue weighted by molar-refractivity contribution is 5.98. The number of hydrogen-bond acceptors (Lipinski definition) is 19. The zero-order chi connectivity index (χ0) is 52.7. The smallest absolute Gasteiger partial charge is 0.490 e. The van der Waals surface area contributed by atoms with Crippen LogP contribution in [0.15, 0.2) is 30.5 Å². The van der Waals surface area contributed by atoms with E-state index in [1.165, 1.54) is 4.90 Å². The summed E-state index contributed by atoms with van der Waals surface area (Å²) in [6.07, 6.45) is -23.5. The Balaban J connectivity index is 0.00000101. The van der Waals surface area contributed by atoms with Gasteiger partial charge in [0.25, 0.3) is 17.6 Å². The molecule has 1 aromatic carbocycles. The predicted octanol–water partition coefficient (Wildman–Crippen LogP) is -5.41. The van der Waals surface area contributed by atoms with Crippen LogP contribution in [0, 0.1) is 0 Å². The van der Waals surface area contributed by atoms with Crippen molar-refractivity contribution < 1.29 is 111 Å². The average Bonchev–Trinajstić information content (AvgIpc) is 3.88. The Bertz CT molecular complexity index is 2260. The molecular formula is C38H53F6N9O16. The number of carbonyl (C=O) groups excluding carboxylic acids is 3. The Kier molecular flexibility index (Phi) is 22.5. The lowest BCUT2D eigenvalue weighted by atomic mass is 10.0. The van der Waals surface area contributed by atoms with Crippen LogP contribution >= 0.6 is 0 Å². The third kappa shape index (κ3) is 16.7. The molecule has 8 atom stereocenters. The van der Waals surface area contributed by atoms with E-state index in [0.29, 0.717) is 29.8 Å². The summed E-state index contributed by atoms with van der Waals surface area (Å²) in [4.78, 5) is 56.9. The van der Waals surface area contributed by atoms with Crippen LogP contribution in [0.2, 0.25) is 0 Å². The van der Waals surface area contributed by atoms with Gasteiger partial charge in [0.2, 0.25) is 0 Å². The van der Waals surface area contributed by atoms with Gasteiger partial charge in [0.15, 0.2) is 28.2 Å². The second kappa shape index (κ2) is 26.2. The number of H-pyrrole nitrogens is 1. The monoisotopic (exact) mass is 1010 g/mol. The van der Waals surface area contributed by atoms with Crippen molar-refractivity contribution in [3.63, 3.8) is 0 Å². The van der Waals surface area contributed by atoms with Gasteiger partial charge in [-0.3, -0.25) is 14.5 Å². The highest BCUT2D eigenvalue weighted by Gasteiger charge is 2.38. The number of carbonyl (C=O) groups is 4. The van der Waals surface area contributed by atoms with Crippen molar-refractivity contribution in [2.45, 2.75) is 94.7 Å². The van der Waals surface area contributed by atoms with E-state index in [1.807, 2.05) is 23.0 Å². The maximum Gasteiger partial charge on any atom is 0.490 e. The van der Waals surface area contributed by atoms with Crippen molar-refractivity contribution in [1.82, 2.24) is 35.1 Å². The molecule has 16 N–H and O–H groups in total. The molecule has 4 rings (SSSR count). The fourth-order valence-corrected chi connectivity index (χ4v) is 6.28. The van der Waals surface area contributed by atoms with Crippen molar-refractivity contribution in [2.75, 3.05) is 45.1 Å². The van der Waals surface area contributed by atoms with Crippen molar-refractivity contribution in [3.05, 3.63) is 47.5 Å². The molecule has 3 aromatic heterocycles. The lowest BCUT2D eigenvalue weighted by Crippen LogP contribution is -2.54. The van der Waals surface area contributed by atoms with Crippen LogP contribution < -0.4 is 26.0 Å². The first-order chi connectivity index (χ1) is 32.0. The topological polar surface area (TPSA) is 418 Å². The molecule has 2 amide bonds. The molecule has 0 radical (unpaired) electrons. The minimum absolute atomic E-state index is 0.0145. The summed E-state index contributed by atoms with van der Waals surface area (Å²) < 4.78 is 67.2. The number of alkyl halides is 6. The lowest BCUT2D eigenvalue weighted by Gasteiger charge is -2.33. The number of nitrogens with zero attached hydrogens (tertiary/aromatic N) is 5. The van der Waals surface area contributed by atoms with Gasteiger partial charge in [0, 0.05) is 44.0 Å². The average molecular weight is 1010 g/mol. The number of nitrogens with one attached hydrogen (secondary N) is 3. The first-order valence-electron chi connectivity index (χ1n) is 20.2. The van der Waals surface area contributed by atoms with Gasteiger partial charge in [-0.2, -0.15) is 26.3 Å². The van der Waals surface area contributed by atoms with Crippen LogP contribution in [0.3, 0.4) is 0 Å². The third-order valence-electron chi connectivity index (χ3n) is 9.84. The maximum absolute atomic E-state index is 13.4. The normalized spacial score (nSPS) is 15.4. The third-order valence-corrected chi connectivity index (χ3v) is 9.84. The minimum Gasteiger partial charge on any atom is -0.542 e. The summed E-state index contributed by atoms with van der Waals surface area (Å²) in [5.41, 5.74) is 8.72. The van der Waals surface area contributed by atoms with E-state index in [4.69, 9.17) is 35.7 Å². The number of amides is 2. The second-order valence-electron chi connectivity index (χ2n) is 14.7. The highest BCUT2D eigenvalue weighted by Crippen LogP contribution is 2.19.